The van der Waals surface area contributed by atoms with Crippen molar-refractivity contribution in [3.63, 3.8) is 0 Å². The number of hydrogen-bond acceptors (Lipinski definition) is 4. The highest BCUT2D eigenvalue weighted by molar-refractivity contribution is 7.14. The molecule has 1 aliphatic heterocycles. The van der Waals surface area contributed by atoms with Crippen molar-refractivity contribution in [3.05, 3.63) is 52.2 Å². The Balaban J connectivity index is 1.43. The zero-order chi connectivity index (χ0) is 18.5. The fourth-order valence-electron chi connectivity index (χ4n) is 3.29. The van der Waals surface area contributed by atoms with Crippen LogP contribution in [0.5, 0.6) is 5.06 Å². The molecule has 6 heteroatoms. The number of carbonyl (C=O) groups is 1. The Bertz CT molecular complexity index is 764. The molecule has 26 heavy (non-hydrogen) atoms. The molecule has 0 amide bonds. The summed E-state index contributed by atoms with van der Waals surface area (Å²) in [5, 5.41) is 0.423. The van der Waals surface area contributed by atoms with Crippen LogP contribution in [0.2, 0.25) is 0 Å². The summed E-state index contributed by atoms with van der Waals surface area (Å²) in [4.78, 5) is 14.8. The predicted octanol–water partition coefficient (Wildman–Crippen LogP) is 5.32. The molecule has 0 fully saturated rings. The molecule has 0 bridgehead atoms. The average Bonchev–Trinajstić information content (AvgIpc) is 2.99. The van der Waals surface area contributed by atoms with Crippen LogP contribution < -0.4 is 4.74 Å². The monoisotopic (exact) mass is 395 g/mol. The van der Waals surface area contributed by atoms with Crippen molar-refractivity contribution in [2.75, 3.05) is 13.1 Å². The van der Waals surface area contributed by atoms with Gasteiger partial charge in [0.15, 0.2) is 5.06 Å². The first-order valence-electron chi connectivity index (χ1n) is 8.94. The van der Waals surface area contributed by atoms with Crippen LogP contribution in [0.4, 0.5) is 4.39 Å². The van der Waals surface area contributed by atoms with Gasteiger partial charge >= 0.3 is 5.97 Å². The van der Waals surface area contributed by atoms with Crippen molar-refractivity contribution < 1.29 is 13.9 Å². The summed E-state index contributed by atoms with van der Waals surface area (Å²) in [5.41, 5.74) is 1.85. The molecule has 0 radical (unpaired) electrons. The van der Waals surface area contributed by atoms with Crippen molar-refractivity contribution in [2.24, 2.45) is 0 Å². The van der Waals surface area contributed by atoms with Crippen LogP contribution in [0.25, 0.3) is 0 Å². The first kappa shape index (κ1) is 19.3. The number of fused-ring (bicyclic) bond motifs is 1. The van der Waals surface area contributed by atoms with E-state index in [4.69, 9.17) is 16.3 Å². The minimum Gasteiger partial charge on any atom is -0.416 e. The van der Waals surface area contributed by atoms with Gasteiger partial charge in [-0.3, -0.25) is 9.69 Å². The van der Waals surface area contributed by atoms with Gasteiger partial charge in [-0.1, -0.05) is 24.6 Å². The highest BCUT2D eigenvalue weighted by Gasteiger charge is 2.20. The fraction of sp³-hybridized carbons (Fsp3) is 0.450. The number of halogens is 2. The summed E-state index contributed by atoms with van der Waals surface area (Å²) in [5.74, 6) is -0.497. The molecule has 1 atom stereocenters. The number of ether oxygens (including phenoxy) is 1. The smallest absolute Gasteiger partial charge is 0.308 e. The minimum atomic E-state index is -0.272. The van der Waals surface area contributed by atoms with Gasteiger partial charge in [-0.15, -0.1) is 22.9 Å². The molecule has 3 rings (SSSR count). The largest absolute Gasteiger partial charge is 0.416 e. The summed E-state index contributed by atoms with van der Waals surface area (Å²) >= 11 is 7.92. The summed E-state index contributed by atoms with van der Waals surface area (Å²) in [6, 6.07) is 8.71. The van der Waals surface area contributed by atoms with Gasteiger partial charge in [-0.2, -0.15) is 0 Å². The van der Waals surface area contributed by atoms with Gasteiger partial charge in [0.1, 0.15) is 5.82 Å². The fourth-order valence-corrected chi connectivity index (χ4v) is 4.67. The van der Waals surface area contributed by atoms with E-state index < -0.39 is 0 Å². The van der Waals surface area contributed by atoms with Crippen molar-refractivity contribution in [3.8, 4) is 5.06 Å². The van der Waals surface area contributed by atoms with E-state index in [9.17, 15) is 9.18 Å². The molecule has 1 unspecified atom stereocenters. The third-order valence-electron chi connectivity index (χ3n) is 4.59. The number of nitrogens with zero attached hydrogens (tertiary/aromatic N) is 1. The quantitative estimate of drug-likeness (QED) is 0.361. The lowest BCUT2D eigenvalue weighted by molar-refractivity contribution is -0.131. The number of carbonyl (C=O) groups excluding carboxylic acids is 1. The van der Waals surface area contributed by atoms with Crippen LogP contribution >= 0.6 is 22.9 Å². The van der Waals surface area contributed by atoms with Crippen LogP contribution in [-0.4, -0.2) is 24.0 Å². The van der Waals surface area contributed by atoms with Gasteiger partial charge < -0.3 is 4.74 Å². The molecule has 140 valence electrons. The van der Waals surface area contributed by atoms with Crippen LogP contribution in [0.15, 0.2) is 30.3 Å². The van der Waals surface area contributed by atoms with Gasteiger partial charge in [0.25, 0.3) is 0 Å². The lowest BCUT2D eigenvalue weighted by Gasteiger charge is -2.26. The minimum absolute atomic E-state index is 0.225. The van der Waals surface area contributed by atoms with E-state index in [1.54, 1.807) is 23.5 Å². The Morgan fingerprint density at radius 2 is 2.19 bits per heavy atom. The highest BCUT2D eigenvalue weighted by Crippen LogP contribution is 2.34. The van der Waals surface area contributed by atoms with Crippen LogP contribution in [0.1, 0.15) is 47.6 Å². The van der Waals surface area contributed by atoms with E-state index in [1.807, 2.05) is 12.1 Å². The van der Waals surface area contributed by atoms with Crippen molar-refractivity contribution in [2.45, 2.75) is 44.5 Å². The predicted molar refractivity (Wildman–Crippen MR) is 103 cm³/mol. The lowest BCUT2D eigenvalue weighted by Crippen LogP contribution is -2.30. The second-order valence-electron chi connectivity index (χ2n) is 6.62. The lowest BCUT2D eigenvalue weighted by atomic mass is 10.0. The SMILES string of the molecule is CC(=O)Oc1cc2c(s1)CCN(CCCCC(Cl)c1ccccc1F)C2. The van der Waals surface area contributed by atoms with Crippen LogP contribution in [-0.2, 0) is 17.8 Å². The molecule has 0 saturated heterocycles. The zero-order valence-electron chi connectivity index (χ0n) is 14.8. The van der Waals surface area contributed by atoms with Crippen LogP contribution in [0, 0.1) is 5.82 Å². The first-order valence-corrected chi connectivity index (χ1v) is 10.2. The van der Waals surface area contributed by atoms with Crippen molar-refractivity contribution in [1.82, 2.24) is 4.90 Å². The summed E-state index contributed by atoms with van der Waals surface area (Å²) in [6.45, 7) is 4.34. The van der Waals surface area contributed by atoms with Gasteiger partial charge in [-0.25, -0.2) is 4.39 Å². The normalized spacial score (nSPS) is 15.5. The molecule has 0 aliphatic carbocycles. The van der Waals surface area contributed by atoms with E-state index in [2.05, 4.69) is 4.90 Å². The van der Waals surface area contributed by atoms with E-state index in [0.29, 0.717) is 10.6 Å². The van der Waals surface area contributed by atoms with E-state index in [0.717, 1.165) is 45.3 Å². The third-order valence-corrected chi connectivity index (χ3v) is 6.16. The molecule has 3 nitrogen and oxygen atoms in total. The second kappa shape index (κ2) is 8.98. The molecule has 1 aromatic carbocycles. The number of thiophene rings is 1. The highest BCUT2D eigenvalue weighted by atomic mass is 35.5. The summed E-state index contributed by atoms with van der Waals surface area (Å²) < 4.78 is 18.9. The number of hydrogen-bond donors (Lipinski definition) is 0. The topological polar surface area (TPSA) is 29.5 Å². The first-order chi connectivity index (χ1) is 12.5. The Hall–Kier alpha value is -1.43. The number of rotatable bonds is 7. The van der Waals surface area contributed by atoms with Crippen molar-refractivity contribution >= 4 is 28.9 Å². The zero-order valence-corrected chi connectivity index (χ0v) is 16.4. The van der Waals surface area contributed by atoms with Crippen LogP contribution in [0.3, 0.4) is 0 Å². The van der Waals surface area contributed by atoms with Gasteiger partial charge in [-0.05, 0) is 43.5 Å². The van der Waals surface area contributed by atoms with Gasteiger partial charge in [0, 0.05) is 30.5 Å². The molecule has 2 heterocycles. The van der Waals surface area contributed by atoms with Gasteiger partial charge in [0.05, 0.1) is 5.38 Å². The molecule has 1 aliphatic rings. The molecule has 0 saturated carbocycles. The van der Waals surface area contributed by atoms with E-state index in [1.165, 1.54) is 23.4 Å². The molecule has 0 spiro atoms. The second-order valence-corrected chi connectivity index (χ2v) is 8.24. The van der Waals surface area contributed by atoms with E-state index in [-0.39, 0.29) is 17.2 Å². The maximum atomic E-state index is 13.7. The Morgan fingerprint density at radius 1 is 1.38 bits per heavy atom. The number of unbranched alkanes of at least 4 members (excludes halogenated alkanes) is 1. The maximum absolute atomic E-state index is 13.7. The number of alkyl halides is 1. The van der Waals surface area contributed by atoms with E-state index >= 15 is 0 Å². The average molecular weight is 396 g/mol. The van der Waals surface area contributed by atoms with Crippen molar-refractivity contribution in [1.29, 1.82) is 0 Å². The Morgan fingerprint density at radius 3 is 2.96 bits per heavy atom. The maximum Gasteiger partial charge on any atom is 0.308 e. The Kier molecular flexibility index (Phi) is 6.68. The standard InChI is InChI=1S/C20H23ClFNO2S/c1-14(24)25-20-12-15-13-23(11-9-19(15)26-20)10-5-4-7-17(21)16-6-2-3-8-18(16)22/h2-3,6,8,12,17H,4-5,7,9-11,13H2,1H3. The molecule has 0 N–H and O–H groups in total. The third kappa shape index (κ3) is 5.06. The molecular weight excluding hydrogens is 373 g/mol. The van der Waals surface area contributed by atoms with Gasteiger partial charge in [0.2, 0.25) is 0 Å². The summed E-state index contributed by atoms with van der Waals surface area (Å²) in [6.07, 6.45) is 3.77. The Labute approximate surface area is 162 Å². The summed E-state index contributed by atoms with van der Waals surface area (Å²) in [7, 11) is 0. The number of esters is 1. The number of benzene rings is 1. The molecule has 1 aromatic heterocycles. The molecule has 2 aromatic rings. The molecular formula is C20H23ClFNO2S.